The van der Waals surface area contributed by atoms with E-state index >= 15 is 0 Å². The van der Waals surface area contributed by atoms with Crippen molar-refractivity contribution in [3.05, 3.63) is 70.2 Å². The Labute approximate surface area is 182 Å². The summed E-state index contributed by atoms with van der Waals surface area (Å²) in [6.45, 7) is 0. The van der Waals surface area contributed by atoms with Gasteiger partial charge in [0.25, 0.3) is 5.91 Å². The lowest BCUT2D eigenvalue weighted by Gasteiger charge is -2.09. The van der Waals surface area contributed by atoms with E-state index in [1.165, 1.54) is 17.8 Å². The number of sulfonamides is 1. The Bertz CT molecular complexity index is 1340. The number of nitrogens with one attached hydrogen (secondary N) is 2. The monoisotopic (exact) mass is 458 g/mol. The SMILES string of the molecule is CS(=O)(=O)Nc1ccc(NC2=NC(=O)C(=Cc3ccc4ncccc4c3)S2)c(Cl)c1. The molecule has 0 saturated carbocycles. The lowest BCUT2D eigenvalue weighted by Crippen LogP contribution is -2.10. The molecular weight excluding hydrogens is 444 g/mol. The van der Waals surface area contributed by atoms with Gasteiger partial charge in [0.2, 0.25) is 10.0 Å². The van der Waals surface area contributed by atoms with Crippen molar-refractivity contribution in [3.63, 3.8) is 0 Å². The second kappa shape index (κ2) is 8.10. The van der Waals surface area contributed by atoms with Crippen LogP contribution in [0.3, 0.4) is 0 Å². The maximum Gasteiger partial charge on any atom is 0.286 e. The van der Waals surface area contributed by atoms with Gasteiger partial charge in [-0.15, -0.1) is 0 Å². The van der Waals surface area contributed by atoms with Crippen LogP contribution >= 0.6 is 23.4 Å². The number of benzene rings is 2. The summed E-state index contributed by atoms with van der Waals surface area (Å²) in [5.74, 6) is -0.347. The maximum absolute atomic E-state index is 12.3. The van der Waals surface area contributed by atoms with E-state index in [4.69, 9.17) is 11.6 Å². The summed E-state index contributed by atoms with van der Waals surface area (Å²) in [5, 5.41) is 4.67. The molecule has 7 nitrogen and oxygen atoms in total. The average Bonchev–Trinajstić information content (AvgIpc) is 3.01. The number of rotatable bonds is 4. The van der Waals surface area contributed by atoms with E-state index in [1.807, 2.05) is 30.3 Å². The van der Waals surface area contributed by atoms with Crippen LogP contribution in [0.15, 0.2) is 64.6 Å². The van der Waals surface area contributed by atoms with Crippen molar-refractivity contribution in [2.24, 2.45) is 4.99 Å². The number of halogens is 1. The van der Waals surface area contributed by atoms with Gasteiger partial charge in [-0.3, -0.25) is 14.5 Å². The van der Waals surface area contributed by atoms with E-state index in [-0.39, 0.29) is 5.91 Å². The maximum atomic E-state index is 12.3. The summed E-state index contributed by atoms with van der Waals surface area (Å²) in [4.78, 5) is 21.1. The molecule has 0 spiro atoms. The van der Waals surface area contributed by atoms with E-state index in [1.54, 1.807) is 24.4 Å². The lowest BCUT2D eigenvalue weighted by molar-refractivity contribution is -0.113. The number of aromatic nitrogens is 1. The molecule has 2 N–H and O–H groups in total. The van der Waals surface area contributed by atoms with Crippen molar-refractivity contribution in [2.75, 3.05) is 16.3 Å². The zero-order chi connectivity index (χ0) is 21.3. The number of carbonyl (C=O) groups excluding carboxylic acids is 1. The third-order valence-corrected chi connectivity index (χ3v) is 5.88. The number of amides is 1. The Morgan fingerprint density at radius 1 is 1.13 bits per heavy atom. The van der Waals surface area contributed by atoms with Gasteiger partial charge in [-0.2, -0.15) is 4.99 Å². The first-order valence-electron chi connectivity index (χ1n) is 8.68. The third kappa shape index (κ3) is 4.81. The second-order valence-corrected chi connectivity index (χ2v) is 9.67. The van der Waals surface area contributed by atoms with Crippen LogP contribution in [0.1, 0.15) is 5.56 Å². The van der Waals surface area contributed by atoms with Crippen LogP contribution in [0.25, 0.3) is 17.0 Å². The van der Waals surface area contributed by atoms with Gasteiger partial charge in [-0.05, 0) is 59.8 Å². The smallest absolute Gasteiger partial charge is 0.286 e. The number of anilines is 2. The van der Waals surface area contributed by atoms with Crippen molar-refractivity contribution in [1.82, 2.24) is 4.98 Å². The number of carbonyl (C=O) groups is 1. The van der Waals surface area contributed by atoms with Crippen LogP contribution in [0.5, 0.6) is 0 Å². The van der Waals surface area contributed by atoms with Crippen molar-refractivity contribution in [2.45, 2.75) is 0 Å². The molecule has 0 atom stereocenters. The molecule has 1 aliphatic heterocycles. The Morgan fingerprint density at radius 2 is 1.97 bits per heavy atom. The van der Waals surface area contributed by atoms with Crippen LogP contribution in [-0.2, 0) is 14.8 Å². The molecule has 10 heteroatoms. The fourth-order valence-corrected chi connectivity index (χ4v) is 4.42. The first-order chi connectivity index (χ1) is 14.3. The molecule has 30 heavy (non-hydrogen) atoms. The summed E-state index contributed by atoms with van der Waals surface area (Å²) < 4.78 is 25.0. The summed E-state index contributed by atoms with van der Waals surface area (Å²) in [7, 11) is -3.40. The highest BCUT2D eigenvalue weighted by atomic mass is 35.5. The van der Waals surface area contributed by atoms with Gasteiger partial charge in [0.1, 0.15) is 0 Å². The third-order valence-electron chi connectivity index (χ3n) is 4.06. The Kier molecular flexibility index (Phi) is 5.50. The minimum absolute atomic E-state index is 0.291. The molecule has 1 aliphatic rings. The molecular formula is C20H15ClN4O3S2. The van der Waals surface area contributed by atoms with Gasteiger partial charge in [0, 0.05) is 11.6 Å². The fourth-order valence-electron chi connectivity index (χ4n) is 2.81. The number of aliphatic imine (C=N–C) groups is 1. The average molecular weight is 459 g/mol. The van der Waals surface area contributed by atoms with Crippen molar-refractivity contribution >= 4 is 72.8 Å². The highest BCUT2D eigenvalue weighted by molar-refractivity contribution is 8.18. The molecule has 2 aromatic carbocycles. The van der Waals surface area contributed by atoms with Crippen molar-refractivity contribution in [3.8, 4) is 0 Å². The van der Waals surface area contributed by atoms with Gasteiger partial charge in [-0.1, -0.05) is 23.7 Å². The molecule has 1 amide bonds. The number of hydrogen-bond donors (Lipinski definition) is 2. The van der Waals surface area contributed by atoms with Gasteiger partial charge in [0.05, 0.1) is 33.1 Å². The van der Waals surface area contributed by atoms with Gasteiger partial charge >= 0.3 is 0 Å². The lowest BCUT2D eigenvalue weighted by atomic mass is 10.1. The quantitative estimate of drug-likeness (QED) is 0.564. The van der Waals surface area contributed by atoms with Gasteiger partial charge in [-0.25, -0.2) is 8.42 Å². The van der Waals surface area contributed by atoms with Crippen LogP contribution in [0, 0.1) is 0 Å². The first-order valence-corrected chi connectivity index (χ1v) is 11.8. The molecule has 0 fully saturated rings. The minimum Gasteiger partial charge on any atom is -0.333 e. The van der Waals surface area contributed by atoms with E-state index in [9.17, 15) is 13.2 Å². The highest BCUT2D eigenvalue weighted by Gasteiger charge is 2.22. The summed E-state index contributed by atoms with van der Waals surface area (Å²) >= 11 is 7.43. The number of fused-ring (bicyclic) bond motifs is 1. The standard InChI is InChI=1S/C20H15ClN4O3S2/c1-30(27,28)25-14-5-7-17(15(21)11-14)23-20-24-19(26)18(29-20)10-12-4-6-16-13(9-12)3-2-8-22-16/h2-11,25H,1H3,(H,23,24,26). The largest absolute Gasteiger partial charge is 0.333 e. The Hall–Kier alpha value is -2.88. The molecule has 3 aromatic rings. The van der Waals surface area contributed by atoms with Crippen LogP contribution in [0.2, 0.25) is 5.02 Å². The van der Waals surface area contributed by atoms with Gasteiger partial charge < -0.3 is 5.32 Å². The second-order valence-electron chi connectivity index (χ2n) is 6.48. The number of nitrogens with zero attached hydrogens (tertiary/aromatic N) is 2. The molecule has 2 heterocycles. The Morgan fingerprint density at radius 3 is 2.73 bits per heavy atom. The van der Waals surface area contributed by atoms with Crippen molar-refractivity contribution in [1.29, 1.82) is 0 Å². The molecule has 4 rings (SSSR count). The van der Waals surface area contributed by atoms with Gasteiger partial charge in [0.15, 0.2) is 5.17 Å². The molecule has 0 saturated heterocycles. The number of thioether (sulfide) groups is 1. The van der Waals surface area contributed by atoms with Crippen LogP contribution in [0.4, 0.5) is 11.4 Å². The molecule has 0 aliphatic carbocycles. The number of pyridine rings is 1. The van der Waals surface area contributed by atoms with E-state index in [0.29, 0.717) is 26.5 Å². The predicted molar refractivity (Wildman–Crippen MR) is 123 cm³/mol. The Balaban J connectivity index is 1.50. The van der Waals surface area contributed by atoms with E-state index in [2.05, 4.69) is 20.0 Å². The van der Waals surface area contributed by atoms with E-state index in [0.717, 1.165) is 22.7 Å². The van der Waals surface area contributed by atoms with E-state index < -0.39 is 10.0 Å². The molecule has 152 valence electrons. The number of hydrogen-bond acceptors (Lipinski definition) is 6. The van der Waals surface area contributed by atoms with Crippen LogP contribution < -0.4 is 10.0 Å². The predicted octanol–water partition coefficient (Wildman–Crippen LogP) is 4.34. The number of amidine groups is 1. The van der Waals surface area contributed by atoms with Crippen molar-refractivity contribution < 1.29 is 13.2 Å². The zero-order valence-corrected chi connectivity index (χ0v) is 18.0. The normalized spacial score (nSPS) is 15.5. The summed E-state index contributed by atoms with van der Waals surface area (Å²) in [6, 6.07) is 14.2. The van der Waals surface area contributed by atoms with Crippen LogP contribution in [-0.4, -0.2) is 30.7 Å². The molecule has 0 bridgehead atoms. The first kappa shape index (κ1) is 20.4. The fraction of sp³-hybridized carbons (Fsp3) is 0.0500. The molecule has 0 unspecified atom stereocenters. The topological polar surface area (TPSA) is 101 Å². The summed E-state index contributed by atoms with van der Waals surface area (Å²) in [5.41, 5.74) is 2.61. The molecule has 1 aromatic heterocycles. The highest BCUT2D eigenvalue weighted by Crippen LogP contribution is 2.32. The zero-order valence-electron chi connectivity index (χ0n) is 15.6. The molecule has 0 radical (unpaired) electrons. The summed E-state index contributed by atoms with van der Waals surface area (Å²) in [6.07, 6.45) is 4.57. The minimum atomic E-state index is -3.40.